The second-order valence-electron chi connectivity index (χ2n) is 5.41. The van der Waals surface area contributed by atoms with Crippen molar-refractivity contribution in [2.45, 2.75) is 51.7 Å². The molecule has 0 amide bonds. The molecule has 1 aromatic rings. The fourth-order valence-electron chi connectivity index (χ4n) is 2.90. The molecule has 18 heavy (non-hydrogen) atoms. The quantitative estimate of drug-likeness (QED) is 0.865. The molecule has 1 aliphatic carbocycles. The molecule has 2 unspecified atom stereocenters. The highest BCUT2D eigenvalue weighted by Crippen LogP contribution is 2.24. The Morgan fingerprint density at radius 3 is 2.94 bits per heavy atom. The number of nitrogens with one attached hydrogen (secondary N) is 1. The van der Waals surface area contributed by atoms with Crippen LogP contribution in [0.25, 0.3) is 0 Å². The molecule has 100 valence electrons. The van der Waals surface area contributed by atoms with Crippen molar-refractivity contribution in [3.63, 3.8) is 0 Å². The molecule has 2 atom stereocenters. The average molecular weight is 247 g/mol. The molecule has 1 aliphatic rings. The topological polar surface area (TPSA) is 28.2 Å². The first-order chi connectivity index (χ1) is 8.69. The third-order valence-electron chi connectivity index (χ3n) is 3.88. The normalized spacial score (nSPS) is 23.8. The number of pyridine rings is 1. The van der Waals surface area contributed by atoms with Crippen molar-refractivity contribution in [3.8, 4) is 0 Å². The van der Waals surface area contributed by atoms with Crippen molar-refractivity contribution in [2.75, 3.05) is 13.6 Å². The van der Waals surface area contributed by atoms with Gasteiger partial charge in [-0.05, 0) is 51.9 Å². The van der Waals surface area contributed by atoms with E-state index in [1.54, 1.807) is 0 Å². The molecule has 0 spiro atoms. The third-order valence-corrected chi connectivity index (χ3v) is 3.88. The number of aromatic nitrogens is 1. The van der Waals surface area contributed by atoms with E-state index >= 15 is 0 Å². The number of hydrogen-bond donors (Lipinski definition) is 1. The van der Waals surface area contributed by atoms with Crippen molar-refractivity contribution < 1.29 is 0 Å². The Hall–Kier alpha value is -0.930. The van der Waals surface area contributed by atoms with E-state index in [0.29, 0.717) is 12.1 Å². The summed E-state index contributed by atoms with van der Waals surface area (Å²) >= 11 is 0. The minimum Gasteiger partial charge on any atom is -0.314 e. The zero-order chi connectivity index (χ0) is 13.0. The zero-order valence-corrected chi connectivity index (χ0v) is 11.8. The summed E-state index contributed by atoms with van der Waals surface area (Å²) in [6.45, 7) is 6.29. The van der Waals surface area contributed by atoms with E-state index in [1.165, 1.54) is 25.0 Å². The minimum atomic E-state index is 0.705. The monoisotopic (exact) mass is 247 g/mol. The molecule has 1 saturated carbocycles. The minimum absolute atomic E-state index is 0.705. The van der Waals surface area contributed by atoms with Crippen molar-refractivity contribution in [1.82, 2.24) is 15.2 Å². The molecule has 1 aromatic heterocycles. The highest BCUT2D eigenvalue weighted by molar-refractivity contribution is 5.10. The van der Waals surface area contributed by atoms with Gasteiger partial charge in [0.15, 0.2) is 0 Å². The number of rotatable bonds is 5. The lowest BCUT2D eigenvalue weighted by Crippen LogP contribution is -2.32. The Morgan fingerprint density at radius 1 is 1.39 bits per heavy atom. The number of nitrogens with zero attached hydrogens (tertiary/aromatic N) is 2. The fraction of sp³-hybridized carbons (Fsp3) is 0.667. The van der Waals surface area contributed by atoms with E-state index < -0.39 is 0 Å². The summed E-state index contributed by atoms with van der Waals surface area (Å²) in [5, 5.41) is 3.56. The summed E-state index contributed by atoms with van der Waals surface area (Å²) in [7, 11) is 2.23. The molecule has 0 bridgehead atoms. The SMILES string of the molecule is CCNC1CCC(N(C)Cc2cccc(C)n2)C1. The van der Waals surface area contributed by atoms with Crippen molar-refractivity contribution in [3.05, 3.63) is 29.6 Å². The summed E-state index contributed by atoms with van der Waals surface area (Å²) in [5.74, 6) is 0. The van der Waals surface area contributed by atoms with Crippen LogP contribution in [0, 0.1) is 6.92 Å². The van der Waals surface area contributed by atoms with E-state index in [1.807, 2.05) is 0 Å². The Kier molecular flexibility index (Phi) is 4.72. The largest absolute Gasteiger partial charge is 0.314 e. The van der Waals surface area contributed by atoms with Crippen molar-refractivity contribution in [1.29, 1.82) is 0 Å². The van der Waals surface area contributed by atoms with Gasteiger partial charge >= 0.3 is 0 Å². The predicted molar refractivity (Wildman–Crippen MR) is 75.5 cm³/mol. The molecule has 3 nitrogen and oxygen atoms in total. The Labute approximate surface area is 111 Å². The lowest BCUT2D eigenvalue weighted by Gasteiger charge is -2.24. The third kappa shape index (κ3) is 3.53. The van der Waals surface area contributed by atoms with Crippen LogP contribution in [0.5, 0.6) is 0 Å². The summed E-state index contributed by atoms with van der Waals surface area (Å²) in [4.78, 5) is 7.04. The molecular weight excluding hydrogens is 222 g/mol. The lowest BCUT2D eigenvalue weighted by molar-refractivity contribution is 0.231. The first kappa shape index (κ1) is 13.5. The Morgan fingerprint density at radius 2 is 2.22 bits per heavy atom. The van der Waals surface area contributed by atoms with Crippen LogP contribution < -0.4 is 5.32 Å². The Bertz CT molecular complexity index is 378. The van der Waals surface area contributed by atoms with Crippen LogP contribution in [0.4, 0.5) is 0 Å². The van der Waals surface area contributed by atoms with E-state index in [9.17, 15) is 0 Å². The lowest BCUT2D eigenvalue weighted by atomic mass is 10.2. The second-order valence-corrected chi connectivity index (χ2v) is 5.41. The van der Waals surface area contributed by atoms with Gasteiger partial charge in [-0.1, -0.05) is 13.0 Å². The van der Waals surface area contributed by atoms with Gasteiger partial charge in [0.2, 0.25) is 0 Å². The maximum Gasteiger partial charge on any atom is 0.0547 e. The number of aryl methyl sites for hydroxylation is 1. The molecule has 2 rings (SSSR count). The summed E-state index contributed by atoms with van der Waals surface area (Å²) in [6.07, 6.45) is 3.89. The average Bonchev–Trinajstić information content (AvgIpc) is 2.78. The van der Waals surface area contributed by atoms with Crippen LogP contribution in [0.2, 0.25) is 0 Å². The van der Waals surface area contributed by atoms with Gasteiger partial charge in [0.1, 0.15) is 0 Å². The first-order valence-electron chi connectivity index (χ1n) is 7.05. The second kappa shape index (κ2) is 6.30. The van der Waals surface area contributed by atoms with Gasteiger partial charge in [-0.15, -0.1) is 0 Å². The van der Waals surface area contributed by atoms with Gasteiger partial charge in [0.05, 0.1) is 5.69 Å². The smallest absolute Gasteiger partial charge is 0.0547 e. The predicted octanol–water partition coefficient (Wildman–Crippen LogP) is 2.35. The van der Waals surface area contributed by atoms with Crippen LogP contribution in [0.3, 0.4) is 0 Å². The summed E-state index contributed by atoms with van der Waals surface area (Å²) in [6, 6.07) is 7.70. The highest BCUT2D eigenvalue weighted by Gasteiger charge is 2.26. The van der Waals surface area contributed by atoms with Crippen LogP contribution in [0.15, 0.2) is 18.2 Å². The van der Waals surface area contributed by atoms with Gasteiger partial charge in [-0.2, -0.15) is 0 Å². The number of hydrogen-bond acceptors (Lipinski definition) is 3. The van der Waals surface area contributed by atoms with Gasteiger partial charge in [-0.3, -0.25) is 9.88 Å². The maximum atomic E-state index is 4.58. The molecular formula is C15H25N3. The van der Waals surface area contributed by atoms with Crippen molar-refractivity contribution >= 4 is 0 Å². The molecule has 1 N–H and O–H groups in total. The molecule has 0 saturated heterocycles. The van der Waals surface area contributed by atoms with E-state index in [2.05, 4.69) is 54.3 Å². The first-order valence-corrected chi connectivity index (χ1v) is 7.05. The summed E-state index contributed by atoms with van der Waals surface area (Å²) < 4.78 is 0. The van der Waals surface area contributed by atoms with Gasteiger partial charge in [0, 0.05) is 24.3 Å². The van der Waals surface area contributed by atoms with Crippen LogP contribution >= 0.6 is 0 Å². The molecule has 0 aliphatic heterocycles. The molecule has 1 fully saturated rings. The van der Waals surface area contributed by atoms with E-state index in [-0.39, 0.29) is 0 Å². The van der Waals surface area contributed by atoms with Crippen LogP contribution in [-0.4, -0.2) is 35.6 Å². The Balaban J connectivity index is 1.87. The molecule has 3 heteroatoms. The fourth-order valence-corrected chi connectivity index (χ4v) is 2.90. The van der Waals surface area contributed by atoms with Gasteiger partial charge < -0.3 is 5.32 Å². The molecule has 0 aromatic carbocycles. The van der Waals surface area contributed by atoms with Gasteiger partial charge in [0.25, 0.3) is 0 Å². The van der Waals surface area contributed by atoms with Crippen LogP contribution in [-0.2, 0) is 6.54 Å². The highest BCUT2D eigenvalue weighted by atomic mass is 15.1. The standard InChI is InChI=1S/C15H25N3/c1-4-16-13-8-9-15(10-13)18(3)11-14-7-5-6-12(2)17-14/h5-7,13,15-16H,4,8-11H2,1-3H3. The molecule has 0 radical (unpaired) electrons. The summed E-state index contributed by atoms with van der Waals surface area (Å²) in [5.41, 5.74) is 2.29. The van der Waals surface area contributed by atoms with E-state index in [0.717, 1.165) is 18.8 Å². The van der Waals surface area contributed by atoms with Crippen molar-refractivity contribution in [2.24, 2.45) is 0 Å². The van der Waals surface area contributed by atoms with Gasteiger partial charge in [-0.25, -0.2) is 0 Å². The van der Waals surface area contributed by atoms with E-state index in [4.69, 9.17) is 0 Å². The zero-order valence-electron chi connectivity index (χ0n) is 11.8. The van der Waals surface area contributed by atoms with Crippen LogP contribution in [0.1, 0.15) is 37.6 Å². The molecule has 1 heterocycles. The maximum absolute atomic E-state index is 4.58.